The molecule has 4 nitrogen and oxygen atoms in total. The van der Waals surface area contributed by atoms with E-state index in [1.165, 1.54) is 19.1 Å². The summed E-state index contributed by atoms with van der Waals surface area (Å²) in [6, 6.07) is 7.93. The van der Waals surface area contributed by atoms with Gasteiger partial charge in [0.25, 0.3) is 0 Å². The van der Waals surface area contributed by atoms with Gasteiger partial charge in [0.05, 0.1) is 5.56 Å². The van der Waals surface area contributed by atoms with Crippen molar-refractivity contribution < 1.29 is 26.7 Å². The van der Waals surface area contributed by atoms with Gasteiger partial charge < -0.3 is 10.1 Å². The normalized spacial score (nSPS) is 10.5. The summed E-state index contributed by atoms with van der Waals surface area (Å²) >= 11 is 0. The smallest absolute Gasteiger partial charge is 0.416 e. The molecule has 0 aliphatic heterocycles. The molecule has 0 radical (unpaired) electrons. The summed E-state index contributed by atoms with van der Waals surface area (Å²) in [6.07, 6.45) is -3.77. The number of hydrogen-bond donors (Lipinski definition) is 1. The molecule has 138 valence electrons. The molecule has 0 amide bonds. The van der Waals surface area contributed by atoms with Crippen LogP contribution < -0.4 is 10.1 Å². The SMILES string of the molecule is Cc1c(NC=C(C#N)C#N)cccc1Oc1c(F)cc(C(F)(F)F)cc1F. The zero-order valence-corrected chi connectivity index (χ0v) is 13.7. The Balaban J connectivity index is 2.37. The molecule has 0 heterocycles. The predicted molar refractivity (Wildman–Crippen MR) is 85.5 cm³/mol. The number of hydrogen-bond acceptors (Lipinski definition) is 4. The van der Waals surface area contributed by atoms with Crippen LogP contribution in [-0.2, 0) is 6.18 Å². The maximum atomic E-state index is 13.9. The molecule has 0 unspecified atom stereocenters. The number of alkyl halides is 3. The van der Waals surface area contributed by atoms with Crippen LogP contribution in [-0.4, -0.2) is 0 Å². The molecule has 0 aliphatic carbocycles. The molecule has 0 bridgehead atoms. The molecule has 0 saturated carbocycles. The van der Waals surface area contributed by atoms with E-state index < -0.39 is 29.1 Å². The topological polar surface area (TPSA) is 68.8 Å². The number of rotatable bonds is 4. The zero-order chi connectivity index (χ0) is 20.2. The number of halogens is 5. The van der Waals surface area contributed by atoms with Crippen LogP contribution in [0.2, 0.25) is 0 Å². The summed E-state index contributed by atoms with van der Waals surface area (Å²) in [7, 11) is 0. The van der Waals surface area contributed by atoms with Crippen molar-refractivity contribution in [2.45, 2.75) is 13.1 Å². The number of allylic oxidation sites excluding steroid dienone is 1. The number of nitrogens with one attached hydrogen (secondary N) is 1. The van der Waals surface area contributed by atoms with Crippen LogP contribution in [0.15, 0.2) is 42.1 Å². The third-order valence-corrected chi connectivity index (χ3v) is 3.43. The highest BCUT2D eigenvalue weighted by Crippen LogP contribution is 2.37. The van der Waals surface area contributed by atoms with Crippen molar-refractivity contribution in [2.75, 3.05) is 5.32 Å². The lowest BCUT2D eigenvalue weighted by Gasteiger charge is -2.15. The molecular weight excluding hydrogens is 369 g/mol. The fraction of sp³-hybridized carbons (Fsp3) is 0.111. The van der Waals surface area contributed by atoms with Gasteiger partial charge in [0.2, 0.25) is 0 Å². The highest BCUT2D eigenvalue weighted by atomic mass is 19.4. The monoisotopic (exact) mass is 379 g/mol. The summed E-state index contributed by atoms with van der Waals surface area (Å²) in [6.45, 7) is 1.52. The summed E-state index contributed by atoms with van der Waals surface area (Å²) in [5.41, 5.74) is -0.964. The predicted octanol–water partition coefficient (Wildman–Crippen LogP) is 5.43. The van der Waals surface area contributed by atoms with Crippen LogP contribution in [0.4, 0.5) is 27.6 Å². The van der Waals surface area contributed by atoms with E-state index in [2.05, 4.69) is 5.32 Å². The Hall–Kier alpha value is -3.59. The van der Waals surface area contributed by atoms with E-state index in [1.807, 2.05) is 0 Å². The Morgan fingerprint density at radius 3 is 2.22 bits per heavy atom. The largest absolute Gasteiger partial charge is 0.451 e. The lowest BCUT2D eigenvalue weighted by molar-refractivity contribution is -0.138. The fourth-order valence-corrected chi connectivity index (χ4v) is 2.05. The summed E-state index contributed by atoms with van der Waals surface area (Å²) in [5.74, 6) is -4.01. The van der Waals surface area contributed by atoms with Crippen LogP contribution in [0.5, 0.6) is 11.5 Å². The molecule has 0 spiro atoms. The van der Waals surface area contributed by atoms with Gasteiger partial charge in [0, 0.05) is 17.5 Å². The molecule has 2 aromatic rings. The van der Waals surface area contributed by atoms with Crippen molar-refractivity contribution in [3.05, 3.63) is 64.9 Å². The minimum absolute atomic E-state index is 0.0265. The fourth-order valence-electron chi connectivity index (χ4n) is 2.05. The van der Waals surface area contributed by atoms with Crippen molar-refractivity contribution in [3.8, 4) is 23.6 Å². The van der Waals surface area contributed by atoms with E-state index in [9.17, 15) is 22.0 Å². The minimum atomic E-state index is -4.90. The molecule has 2 aromatic carbocycles. The Labute approximate surface area is 150 Å². The molecule has 0 fully saturated rings. The highest BCUT2D eigenvalue weighted by molar-refractivity contribution is 5.60. The summed E-state index contributed by atoms with van der Waals surface area (Å²) in [4.78, 5) is 0. The van der Waals surface area contributed by atoms with E-state index in [4.69, 9.17) is 15.3 Å². The second-order valence-electron chi connectivity index (χ2n) is 5.22. The number of benzene rings is 2. The van der Waals surface area contributed by atoms with Crippen molar-refractivity contribution in [3.63, 3.8) is 0 Å². The van der Waals surface area contributed by atoms with Crippen LogP contribution in [0.1, 0.15) is 11.1 Å². The molecule has 2 rings (SSSR count). The van der Waals surface area contributed by atoms with Gasteiger partial charge in [-0.2, -0.15) is 23.7 Å². The molecule has 27 heavy (non-hydrogen) atoms. The van der Waals surface area contributed by atoms with Crippen molar-refractivity contribution >= 4 is 5.69 Å². The Kier molecular flexibility index (Phi) is 5.66. The number of nitriles is 2. The van der Waals surface area contributed by atoms with Gasteiger partial charge in [-0.3, -0.25) is 0 Å². The number of anilines is 1. The van der Waals surface area contributed by atoms with Crippen LogP contribution in [0.3, 0.4) is 0 Å². The standard InChI is InChI=1S/C18H10F5N3O/c1-10-15(26-9-11(7-24)8-25)3-2-4-16(10)27-17-13(19)5-12(6-14(17)20)18(21,22)23/h2-6,9,26H,1H3. The first-order chi connectivity index (χ1) is 12.7. The van der Waals surface area contributed by atoms with Gasteiger partial charge in [-0.1, -0.05) is 6.07 Å². The second-order valence-corrected chi connectivity index (χ2v) is 5.22. The third kappa shape index (κ3) is 4.53. The molecular formula is C18H10F5N3O. The average molecular weight is 379 g/mol. The third-order valence-electron chi connectivity index (χ3n) is 3.43. The van der Waals surface area contributed by atoms with Crippen molar-refractivity contribution in [1.82, 2.24) is 0 Å². The van der Waals surface area contributed by atoms with E-state index in [0.29, 0.717) is 11.3 Å². The Morgan fingerprint density at radius 2 is 1.70 bits per heavy atom. The maximum Gasteiger partial charge on any atom is 0.416 e. The van der Waals surface area contributed by atoms with Crippen molar-refractivity contribution in [1.29, 1.82) is 10.5 Å². The molecule has 0 saturated heterocycles. The quantitative estimate of drug-likeness (QED) is 0.568. The zero-order valence-electron chi connectivity index (χ0n) is 13.7. The van der Waals surface area contributed by atoms with E-state index in [0.717, 1.165) is 6.20 Å². The molecule has 0 aromatic heterocycles. The van der Waals surface area contributed by atoms with Gasteiger partial charge in [0.15, 0.2) is 17.4 Å². The van der Waals surface area contributed by atoms with Crippen LogP contribution in [0, 0.1) is 41.2 Å². The van der Waals surface area contributed by atoms with Gasteiger partial charge in [-0.05, 0) is 31.2 Å². The average Bonchev–Trinajstić information content (AvgIpc) is 2.60. The van der Waals surface area contributed by atoms with E-state index in [-0.39, 0.29) is 23.5 Å². The Morgan fingerprint density at radius 1 is 1.11 bits per heavy atom. The molecule has 1 N–H and O–H groups in total. The first-order valence-electron chi connectivity index (χ1n) is 7.28. The number of nitrogens with zero attached hydrogens (tertiary/aromatic N) is 2. The second kappa shape index (κ2) is 7.75. The Bertz CT molecular complexity index is 945. The lowest BCUT2D eigenvalue weighted by atomic mass is 10.1. The first-order valence-corrected chi connectivity index (χ1v) is 7.28. The maximum absolute atomic E-state index is 13.9. The van der Waals surface area contributed by atoms with E-state index >= 15 is 0 Å². The van der Waals surface area contributed by atoms with Gasteiger partial charge in [-0.25, -0.2) is 8.78 Å². The van der Waals surface area contributed by atoms with Gasteiger partial charge in [-0.15, -0.1) is 0 Å². The van der Waals surface area contributed by atoms with Gasteiger partial charge >= 0.3 is 6.18 Å². The molecule has 0 aliphatic rings. The van der Waals surface area contributed by atoms with Crippen LogP contribution in [0.25, 0.3) is 0 Å². The lowest BCUT2D eigenvalue weighted by Crippen LogP contribution is -2.07. The molecule has 0 atom stereocenters. The van der Waals surface area contributed by atoms with Gasteiger partial charge in [0.1, 0.15) is 23.5 Å². The van der Waals surface area contributed by atoms with Crippen LogP contribution >= 0.6 is 0 Å². The van der Waals surface area contributed by atoms with Crippen molar-refractivity contribution in [2.24, 2.45) is 0 Å². The summed E-state index contributed by atoms with van der Waals surface area (Å²) < 4.78 is 70.8. The summed E-state index contributed by atoms with van der Waals surface area (Å²) in [5, 5.41) is 20.1. The first kappa shape index (κ1) is 19.7. The highest BCUT2D eigenvalue weighted by Gasteiger charge is 2.33. The minimum Gasteiger partial charge on any atom is -0.451 e. The molecule has 9 heteroatoms. The van der Waals surface area contributed by atoms with E-state index in [1.54, 1.807) is 18.2 Å². The number of ether oxygens (including phenoxy) is 1.